The molecule has 0 aromatic heterocycles. The van der Waals surface area contributed by atoms with Crippen LogP contribution in [0.3, 0.4) is 0 Å². The quantitative estimate of drug-likeness (QED) is 0.800. The molecule has 1 aromatic carbocycles. The van der Waals surface area contributed by atoms with Gasteiger partial charge < -0.3 is 0 Å². The molecule has 0 radical (unpaired) electrons. The summed E-state index contributed by atoms with van der Waals surface area (Å²) in [6.07, 6.45) is 1.11. The lowest BCUT2D eigenvalue weighted by atomic mass is 10.1. The largest absolute Gasteiger partial charge is 0.299 e. The van der Waals surface area contributed by atoms with Crippen LogP contribution in [0.5, 0.6) is 0 Å². The average Bonchev–Trinajstić information content (AvgIpc) is 2.47. The Kier molecular flexibility index (Phi) is 2.84. The summed E-state index contributed by atoms with van der Waals surface area (Å²) in [6, 6.07) is 11.4. The predicted molar refractivity (Wildman–Crippen MR) is 63.6 cm³/mol. The second-order valence-corrected chi connectivity index (χ2v) is 5.77. The van der Waals surface area contributed by atoms with Gasteiger partial charge in [0.25, 0.3) is 0 Å². The molecule has 1 heterocycles. The summed E-state index contributed by atoms with van der Waals surface area (Å²) in [7, 11) is 0. The summed E-state index contributed by atoms with van der Waals surface area (Å²) in [5.74, 6) is 1.23. The minimum absolute atomic E-state index is 0.237. The molecule has 0 spiro atoms. The first-order chi connectivity index (χ1) is 6.68. The normalized spacial score (nSPS) is 32.0. The molecular formula is C12H17NS. The molecule has 0 saturated carbocycles. The van der Waals surface area contributed by atoms with Crippen LogP contribution in [0, 0.1) is 0 Å². The van der Waals surface area contributed by atoms with Crippen molar-refractivity contribution in [2.24, 2.45) is 0 Å². The monoisotopic (exact) mass is 207 g/mol. The summed E-state index contributed by atoms with van der Waals surface area (Å²) in [4.78, 5) is 0.237. The van der Waals surface area contributed by atoms with Crippen LogP contribution in [-0.4, -0.2) is 16.7 Å². The lowest BCUT2D eigenvalue weighted by Gasteiger charge is -2.24. The van der Waals surface area contributed by atoms with Crippen molar-refractivity contribution in [3.8, 4) is 0 Å². The first-order valence-electron chi connectivity index (χ1n) is 5.13. The van der Waals surface area contributed by atoms with Crippen molar-refractivity contribution < 1.29 is 0 Å². The van der Waals surface area contributed by atoms with E-state index in [4.69, 9.17) is 0 Å². The van der Waals surface area contributed by atoms with Crippen molar-refractivity contribution in [1.82, 2.24) is 5.32 Å². The lowest BCUT2D eigenvalue weighted by Crippen LogP contribution is -2.39. The van der Waals surface area contributed by atoms with E-state index in [-0.39, 0.29) is 4.87 Å². The Morgan fingerprint density at radius 2 is 2.14 bits per heavy atom. The van der Waals surface area contributed by atoms with Gasteiger partial charge in [0.05, 0.1) is 4.87 Å². The molecule has 1 nitrogen and oxygen atoms in total. The minimum Gasteiger partial charge on any atom is -0.299 e. The van der Waals surface area contributed by atoms with Gasteiger partial charge in [-0.25, -0.2) is 0 Å². The van der Waals surface area contributed by atoms with Crippen LogP contribution in [0.4, 0.5) is 0 Å². The van der Waals surface area contributed by atoms with Crippen LogP contribution < -0.4 is 5.32 Å². The van der Waals surface area contributed by atoms with Crippen molar-refractivity contribution in [3.63, 3.8) is 0 Å². The Labute approximate surface area is 90.3 Å². The van der Waals surface area contributed by atoms with Crippen molar-refractivity contribution in [2.45, 2.75) is 31.2 Å². The highest BCUT2D eigenvalue weighted by Crippen LogP contribution is 2.32. The van der Waals surface area contributed by atoms with Crippen molar-refractivity contribution >= 4 is 11.8 Å². The summed E-state index contributed by atoms with van der Waals surface area (Å²) in [5.41, 5.74) is 1.42. The molecule has 1 aromatic rings. The van der Waals surface area contributed by atoms with Gasteiger partial charge in [-0.3, -0.25) is 5.32 Å². The number of nitrogens with one attached hydrogen (secondary N) is 1. The average molecular weight is 207 g/mol. The molecule has 2 atom stereocenters. The maximum absolute atomic E-state index is 3.64. The highest BCUT2D eigenvalue weighted by molar-refractivity contribution is 8.00. The van der Waals surface area contributed by atoms with Gasteiger partial charge in [-0.2, -0.15) is 0 Å². The fourth-order valence-corrected chi connectivity index (χ4v) is 3.26. The third kappa shape index (κ3) is 2.31. The second-order valence-electron chi connectivity index (χ2n) is 4.25. The standard InChI is InChI=1S/C12H17NS/c1-10-9-14-12(2,13-10)8-11-6-4-3-5-7-11/h3-7,10,13H,8-9H2,1-2H3. The molecule has 2 unspecified atom stereocenters. The molecule has 1 fully saturated rings. The van der Waals surface area contributed by atoms with E-state index < -0.39 is 0 Å². The molecule has 0 bridgehead atoms. The van der Waals surface area contributed by atoms with Crippen LogP contribution in [0.1, 0.15) is 19.4 Å². The maximum Gasteiger partial charge on any atom is 0.0660 e. The van der Waals surface area contributed by atoms with Gasteiger partial charge in [0.2, 0.25) is 0 Å². The molecule has 14 heavy (non-hydrogen) atoms. The zero-order valence-electron chi connectivity index (χ0n) is 8.79. The predicted octanol–water partition coefficient (Wildman–Crippen LogP) is 2.67. The van der Waals surface area contributed by atoms with E-state index in [1.165, 1.54) is 11.3 Å². The summed E-state index contributed by atoms with van der Waals surface area (Å²) >= 11 is 2.04. The van der Waals surface area contributed by atoms with Gasteiger partial charge in [-0.15, -0.1) is 11.8 Å². The Balaban J connectivity index is 2.04. The zero-order valence-corrected chi connectivity index (χ0v) is 9.60. The van der Waals surface area contributed by atoms with Crippen LogP contribution >= 0.6 is 11.8 Å². The molecule has 1 aliphatic rings. The maximum atomic E-state index is 3.64. The van der Waals surface area contributed by atoms with E-state index in [9.17, 15) is 0 Å². The second kappa shape index (κ2) is 3.95. The highest BCUT2D eigenvalue weighted by Gasteiger charge is 2.32. The van der Waals surface area contributed by atoms with Gasteiger partial charge >= 0.3 is 0 Å². The van der Waals surface area contributed by atoms with Crippen molar-refractivity contribution in [3.05, 3.63) is 35.9 Å². The Morgan fingerprint density at radius 1 is 1.43 bits per heavy atom. The first-order valence-corrected chi connectivity index (χ1v) is 6.12. The van der Waals surface area contributed by atoms with E-state index in [0.29, 0.717) is 6.04 Å². The molecular weight excluding hydrogens is 190 g/mol. The third-order valence-electron chi connectivity index (χ3n) is 2.59. The minimum atomic E-state index is 0.237. The van der Waals surface area contributed by atoms with E-state index in [2.05, 4.69) is 49.5 Å². The molecule has 1 aliphatic heterocycles. The molecule has 1 saturated heterocycles. The first kappa shape index (κ1) is 10.1. The summed E-state index contributed by atoms with van der Waals surface area (Å²) in [6.45, 7) is 4.55. The Bertz CT molecular complexity index is 298. The van der Waals surface area contributed by atoms with Gasteiger partial charge in [0.1, 0.15) is 0 Å². The smallest absolute Gasteiger partial charge is 0.0660 e. The Hall–Kier alpha value is -0.470. The van der Waals surface area contributed by atoms with Crippen LogP contribution in [0.25, 0.3) is 0 Å². The molecule has 0 aliphatic carbocycles. The van der Waals surface area contributed by atoms with Crippen LogP contribution in [0.15, 0.2) is 30.3 Å². The topological polar surface area (TPSA) is 12.0 Å². The number of hydrogen-bond donors (Lipinski definition) is 1. The van der Waals surface area contributed by atoms with Crippen LogP contribution in [0.2, 0.25) is 0 Å². The van der Waals surface area contributed by atoms with Gasteiger partial charge in [-0.05, 0) is 25.8 Å². The fraction of sp³-hybridized carbons (Fsp3) is 0.500. The van der Waals surface area contributed by atoms with Crippen molar-refractivity contribution in [2.75, 3.05) is 5.75 Å². The van der Waals surface area contributed by atoms with E-state index in [1.54, 1.807) is 0 Å². The summed E-state index contributed by atoms with van der Waals surface area (Å²) < 4.78 is 0. The van der Waals surface area contributed by atoms with Crippen LogP contribution in [-0.2, 0) is 6.42 Å². The molecule has 76 valence electrons. The highest BCUT2D eigenvalue weighted by atomic mass is 32.2. The van der Waals surface area contributed by atoms with E-state index in [1.807, 2.05) is 11.8 Å². The van der Waals surface area contributed by atoms with Gasteiger partial charge in [0.15, 0.2) is 0 Å². The van der Waals surface area contributed by atoms with Gasteiger partial charge in [-0.1, -0.05) is 30.3 Å². The zero-order chi connectivity index (χ0) is 10.0. The molecule has 2 heteroatoms. The third-order valence-corrected chi connectivity index (χ3v) is 4.15. The van der Waals surface area contributed by atoms with E-state index in [0.717, 1.165) is 6.42 Å². The Morgan fingerprint density at radius 3 is 2.71 bits per heavy atom. The number of hydrogen-bond acceptors (Lipinski definition) is 2. The summed E-state index contributed by atoms with van der Waals surface area (Å²) in [5, 5.41) is 3.64. The SMILES string of the molecule is CC1CSC(C)(Cc2ccccc2)N1. The fourth-order valence-electron chi connectivity index (χ4n) is 2.00. The lowest BCUT2D eigenvalue weighted by molar-refractivity contribution is 0.481. The van der Waals surface area contributed by atoms with E-state index >= 15 is 0 Å². The van der Waals surface area contributed by atoms with Crippen molar-refractivity contribution in [1.29, 1.82) is 0 Å². The van der Waals surface area contributed by atoms with Gasteiger partial charge in [0, 0.05) is 11.8 Å². The number of thioether (sulfide) groups is 1. The molecule has 1 N–H and O–H groups in total. The number of rotatable bonds is 2. The molecule has 2 rings (SSSR count). The molecule has 0 amide bonds. The number of benzene rings is 1.